The minimum absolute atomic E-state index is 0.217. The highest BCUT2D eigenvalue weighted by Gasteiger charge is 2.31. The largest absolute Gasteiger partial charge is 0.416 e. The minimum atomic E-state index is -4.37. The van der Waals surface area contributed by atoms with Crippen molar-refractivity contribution in [2.24, 2.45) is 0 Å². The highest BCUT2D eigenvalue weighted by molar-refractivity contribution is 9.10. The first-order valence-corrected chi connectivity index (χ1v) is 10.1. The first-order chi connectivity index (χ1) is 12.2. The number of hydrogen-bond donors (Lipinski definition) is 0. The minimum Gasteiger partial charge on any atom is -0.369 e. The van der Waals surface area contributed by atoms with Gasteiger partial charge in [0.2, 0.25) is 10.0 Å². The van der Waals surface area contributed by atoms with E-state index in [1.54, 1.807) is 24.3 Å². The molecule has 0 aromatic heterocycles. The molecule has 1 fully saturated rings. The summed E-state index contributed by atoms with van der Waals surface area (Å²) in [7, 11) is -3.59. The molecule has 1 heterocycles. The summed E-state index contributed by atoms with van der Waals surface area (Å²) in [5, 5.41) is 0. The van der Waals surface area contributed by atoms with Gasteiger partial charge in [0.1, 0.15) is 0 Å². The number of alkyl halides is 3. The number of benzene rings is 2. The number of hydrogen-bond acceptors (Lipinski definition) is 3. The SMILES string of the molecule is O=S(=O)(c1cccc(Br)c1)N1CCN(c2ccc(C(F)(F)F)cc2)CC1. The van der Waals surface area contributed by atoms with Gasteiger partial charge in [-0.25, -0.2) is 8.42 Å². The standard InChI is InChI=1S/C17H16BrF3N2O2S/c18-14-2-1-3-16(12-14)26(24,25)23-10-8-22(9-11-23)15-6-4-13(5-7-15)17(19,20)21/h1-7,12H,8-11H2. The summed E-state index contributed by atoms with van der Waals surface area (Å²) < 4.78 is 65.4. The highest BCUT2D eigenvalue weighted by Crippen LogP contribution is 2.31. The molecule has 9 heteroatoms. The van der Waals surface area contributed by atoms with Crippen molar-refractivity contribution >= 4 is 31.6 Å². The molecular weight excluding hydrogens is 433 g/mol. The van der Waals surface area contributed by atoms with Crippen molar-refractivity contribution in [1.29, 1.82) is 0 Å². The molecule has 0 bridgehead atoms. The Labute approximate surface area is 158 Å². The first kappa shape index (κ1) is 19.2. The average molecular weight is 449 g/mol. The Morgan fingerprint density at radius 2 is 1.54 bits per heavy atom. The Morgan fingerprint density at radius 3 is 2.08 bits per heavy atom. The molecule has 0 atom stereocenters. The van der Waals surface area contributed by atoms with Gasteiger partial charge >= 0.3 is 6.18 Å². The monoisotopic (exact) mass is 448 g/mol. The van der Waals surface area contributed by atoms with Gasteiger partial charge in [-0.15, -0.1) is 0 Å². The maximum Gasteiger partial charge on any atom is 0.416 e. The van der Waals surface area contributed by atoms with Crippen LogP contribution in [-0.2, 0) is 16.2 Å². The molecule has 0 saturated carbocycles. The summed E-state index contributed by atoms with van der Waals surface area (Å²) >= 11 is 3.27. The van der Waals surface area contributed by atoms with Crippen molar-refractivity contribution in [2.75, 3.05) is 31.1 Å². The number of halogens is 4. The van der Waals surface area contributed by atoms with E-state index in [9.17, 15) is 21.6 Å². The van der Waals surface area contributed by atoms with Crippen LogP contribution >= 0.6 is 15.9 Å². The van der Waals surface area contributed by atoms with Gasteiger partial charge in [-0.05, 0) is 42.5 Å². The Morgan fingerprint density at radius 1 is 0.923 bits per heavy atom. The maximum absolute atomic E-state index is 12.7. The molecule has 4 nitrogen and oxygen atoms in total. The molecule has 140 valence electrons. The van der Waals surface area contributed by atoms with Gasteiger partial charge < -0.3 is 4.90 Å². The lowest BCUT2D eigenvalue weighted by Gasteiger charge is -2.35. The summed E-state index contributed by atoms with van der Waals surface area (Å²) in [6, 6.07) is 11.4. The van der Waals surface area contributed by atoms with E-state index in [1.807, 2.05) is 4.90 Å². The van der Waals surface area contributed by atoms with E-state index in [0.29, 0.717) is 23.2 Å². The van der Waals surface area contributed by atoms with Crippen LogP contribution in [0.4, 0.5) is 18.9 Å². The molecular formula is C17H16BrF3N2O2S. The third-order valence-corrected chi connectivity index (χ3v) is 6.62. The van der Waals surface area contributed by atoms with E-state index in [-0.39, 0.29) is 18.0 Å². The molecule has 0 spiro atoms. The molecule has 0 radical (unpaired) electrons. The Hall–Kier alpha value is -1.58. The fraction of sp³-hybridized carbons (Fsp3) is 0.294. The van der Waals surface area contributed by atoms with Crippen LogP contribution in [0.1, 0.15) is 5.56 Å². The third kappa shape index (κ3) is 4.05. The predicted molar refractivity (Wildman–Crippen MR) is 96.6 cm³/mol. The summed E-state index contributed by atoms with van der Waals surface area (Å²) in [6.45, 7) is 1.38. The van der Waals surface area contributed by atoms with E-state index in [0.717, 1.165) is 12.1 Å². The predicted octanol–water partition coefficient (Wildman–Crippen LogP) is 3.98. The first-order valence-electron chi connectivity index (χ1n) is 7.86. The molecule has 26 heavy (non-hydrogen) atoms. The van der Waals surface area contributed by atoms with E-state index in [1.165, 1.54) is 16.4 Å². The van der Waals surface area contributed by atoms with Gasteiger partial charge in [0, 0.05) is 36.3 Å². The van der Waals surface area contributed by atoms with Crippen LogP contribution in [0.5, 0.6) is 0 Å². The van der Waals surface area contributed by atoms with Crippen LogP contribution in [0.15, 0.2) is 57.9 Å². The molecule has 2 aromatic rings. The molecule has 0 N–H and O–H groups in total. The average Bonchev–Trinajstić information content (AvgIpc) is 2.61. The summed E-state index contributed by atoms with van der Waals surface area (Å²) in [6.07, 6.45) is -4.37. The van der Waals surface area contributed by atoms with Crippen LogP contribution in [0.2, 0.25) is 0 Å². The van der Waals surface area contributed by atoms with Crippen molar-refractivity contribution in [3.8, 4) is 0 Å². The normalized spacial score (nSPS) is 16.7. The highest BCUT2D eigenvalue weighted by atomic mass is 79.9. The fourth-order valence-corrected chi connectivity index (χ4v) is 4.84. The topological polar surface area (TPSA) is 40.6 Å². The Kier molecular flexibility index (Phi) is 5.32. The smallest absolute Gasteiger partial charge is 0.369 e. The van der Waals surface area contributed by atoms with Crippen molar-refractivity contribution in [3.05, 3.63) is 58.6 Å². The van der Waals surface area contributed by atoms with Gasteiger partial charge in [-0.2, -0.15) is 17.5 Å². The quantitative estimate of drug-likeness (QED) is 0.712. The molecule has 1 saturated heterocycles. The number of sulfonamides is 1. The van der Waals surface area contributed by atoms with Crippen molar-refractivity contribution < 1.29 is 21.6 Å². The van der Waals surface area contributed by atoms with E-state index in [4.69, 9.17) is 0 Å². The van der Waals surface area contributed by atoms with E-state index >= 15 is 0 Å². The Balaban J connectivity index is 1.69. The van der Waals surface area contributed by atoms with Crippen LogP contribution in [0.3, 0.4) is 0 Å². The second-order valence-corrected chi connectivity index (χ2v) is 8.75. The third-order valence-electron chi connectivity index (χ3n) is 4.23. The second kappa shape index (κ2) is 7.21. The molecule has 3 rings (SSSR count). The van der Waals surface area contributed by atoms with Crippen LogP contribution in [0, 0.1) is 0 Å². The molecule has 0 aliphatic carbocycles. The lowest BCUT2D eigenvalue weighted by Crippen LogP contribution is -2.48. The Bertz CT molecular complexity index is 878. The van der Waals surface area contributed by atoms with Crippen LogP contribution < -0.4 is 4.90 Å². The zero-order valence-electron chi connectivity index (χ0n) is 13.6. The van der Waals surface area contributed by atoms with Crippen molar-refractivity contribution in [3.63, 3.8) is 0 Å². The van der Waals surface area contributed by atoms with Crippen LogP contribution in [0.25, 0.3) is 0 Å². The van der Waals surface area contributed by atoms with Gasteiger partial charge in [-0.1, -0.05) is 22.0 Å². The number of rotatable bonds is 3. The molecule has 1 aliphatic rings. The summed E-state index contributed by atoms with van der Waals surface area (Å²) in [5.41, 5.74) is -0.0466. The number of nitrogens with zero attached hydrogens (tertiary/aromatic N) is 2. The van der Waals surface area contributed by atoms with Gasteiger partial charge in [0.15, 0.2) is 0 Å². The molecule has 2 aromatic carbocycles. The van der Waals surface area contributed by atoms with Gasteiger partial charge in [-0.3, -0.25) is 0 Å². The molecule has 1 aliphatic heterocycles. The second-order valence-electron chi connectivity index (χ2n) is 5.89. The van der Waals surface area contributed by atoms with Crippen LogP contribution in [-0.4, -0.2) is 38.9 Å². The van der Waals surface area contributed by atoms with Crippen molar-refractivity contribution in [1.82, 2.24) is 4.31 Å². The summed E-state index contributed by atoms with van der Waals surface area (Å²) in [4.78, 5) is 2.10. The zero-order chi connectivity index (χ0) is 18.9. The van der Waals surface area contributed by atoms with E-state index in [2.05, 4.69) is 15.9 Å². The van der Waals surface area contributed by atoms with E-state index < -0.39 is 21.8 Å². The van der Waals surface area contributed by atoms with Crippen molar-refractivity contribution in [2.45, 2.75) is 11.1 Å². The zero-order valence-corrected chi connectivity index (χ0v) is 16.0. The van der Waals surface area contributed by atoms with Gasteiger partial charge in [0.05, 0.1) is 10.5 Å². The number of piperazine rings is 1. The summed E-state index contributed by atoms with van der Waals surface area (Å²) in [5.74, 6) is 0. The van der Waals surface area contributed by atoms with Gasteiger partial charge in [0.25, 0.3) is 0 Å². The lowest BCUT2D eigenvalue weighted by atomic mass is 10.2. The molecule has 0 amide bonds. The number of anilines is 1. The lowest BCUT2D eigenvalue weighted by molar-refractivity contribution is -0.137. The maximum atomic E-state index is 12.7. The fourth-order valence-electron chi connectivity index (χ4n) is 2.82. The molecule has 0 unspecified atom stereocenters.